The molecule has 0 radical (unpaired) electrons. The molecule has 0 unspecified atom stereocenters. The minimum Gasteiger partial charge on any atom is -0.314 e. The fourth-order valence-electron chi connectivity index (χ4n) is 1.74. The summed E-state index contributed by atoms with van der Waals surface area (Å²) in [5.41, 5.74) is 1.38. The summed E-state index contributed by atoms with van der Waals surface area (Å²) in [4.78, 5) is 2.48. The lowest BCUT2D eigenvalue weighted by molar-refractivity contribution is 0.233. The first-order chi connectivity index (χ1) is 6.86. The molecule has 0 bridgehead atoms. The molecule has 14 heavy (non-hydrogen) atoms. The largest absolute Gasteiger partial charge is 0.314 e. The monoisotopic (exact) mass is 254 g/mol. The van der Waals surface area contributed by atoms with Crippen LogP contribution in [0.15, 0.2) is 28.7 Å². The Labute approximate surface area is 93.4 Å². The molecule has 76 valence electrons. The highest BCUT2D eigenvalue weighted by Gasteiger charge is 2.10. The molecule has 2 nitrogen and oxygen atoms in total. The first kappa shape index (κ1) is 10.1. The standard InChI is InChI=1S/C11H15BrN2/c12-11-4-2-1-3-10(11)9-14-7-5-13-6-8-14/h1-4,13H,5-9H2. The van der Waals surface area contributed by atoms with E-state index in [9.17, 15) is 0 Å². The predicted molar refractivity (Wildman–Crippen MR) is 62.3 cm³/mol. The van der Waals surface area contributed by atoms with Crippen LogP contribution < -0.4 is 5.32 Å². The average Bonchev–Trinajstić information content (AvgIpc) is 2.23. The smallest absolute Gasteiger partial charge is 0.0246 e. The van der Waals surface area contributed by atoms with Crippen LogP contribution in [0.1, 0.15) is 5.56 Å². The molecule has 0 aliphatic carbocycles. The third-order valence-electron chi connectivity index (χ3n) is 2.56. The molecule has 0 amide bonds. The van der Waals surface area contributed by atoms with Crippen LogP contribution in [0.25, 0.3) is 0 Å². The highest BCUT2D eigenvalue weighted by atomic mass is 79.9. The van der Waals surface area contributed by atoms with Gasteiger partial charge in [0.25, 0.3) is 0 Å². The Morgan fingerprint density at radius 2 is 1.93 bits per heavy atom. The Morgan fingerprint density at radius 3 is 2.64 bits per heavy atom. The summed E-state index contributed by atoms with van der Waals surface area (Å²) < 4.78 is 1.22. The van der Waals surface area contributed by atoms with Crippen molar-refractivity contribution in [3.8, 4) is 0 Å². The maximum Gasteiger partial charge on any atom is 0.0246 e. The van der Waals surface area contributed by atoms with Gasteiger partial charge in [0.15, 0.2) is 0 Å². The van der Waals surface area contributed by atoms with Gasteiger partial charge in [-0.15, -0.1) is 0 Å². The molecule has 0 saturated carbocycles. The van der Waals surface area contributed by atoms with E-state index in [2.05, 4.69) is 50.4 Å². The minimum absolute atomic E-state index is 1.06. The first-order valence-electron chi connectivity index (χ1n) is 5.03. The summed E-state index contributed by atoms with van der Waals surface area (Å²) in [7, 11) is 0. The van der Waals surface area contributed by atoms with Gasteiger partial charge in [-0.2, -0.15) is 0 Å². The highest BCUT2D eigenvalue weighted by molar-refractivity contribution is 9.10. The summed E-state index contributed by atoms with van der Waals surface area (Å²) >= 11 is 3.58. The molecule has 0 atom stereocenters. The number of hydrogen-bond donors (Lipinski definition) is 1. The molecule has 3 heteroatoms. The van der Waals surface area contributed by atoms with Crippen molar-refractivity contribution in [2.24, 2.45) is 0 Å². The van der Waals surface area contributed by atoms with Crippen LogP contribution in [0.3, 0.4) is 0 Å². The topological polar surface area (TPSA) is 15.3 Å². The van der Waals surface area contributed by atoms with Crippen LogP contribution in [-0.2, 0) is 6.54 Å². The van der Waals surface area contributed by atoms with E-state index in [0.29, 0.717) is 0 Å². The molecule has 1 aromatic rings. The molecule has 1 fully saturated rings. The second kappa shape index (κ2) is 4.91. The van der Waals surface area contributed by atoms with Crippen LogP contribution in [0.5, 0.6) is 0 Å². The lowest BCUT2D eigenvalue weighted by Gasteiger charge is -2.27. The van der Waals surface area contributed by atoms with Crippen molar-refractivity contribution in [1.82, 2.24) is 10.2 Å². The van der Waals surface area contributed by atoms with E-state index in [1.54, 1.807) is 0 Å². The quantitative estimate of drug-likeness (QED) is 0.867. The van der Waals surface area contributed by atoms with Crippen molar-refractivity contribution in [1.29, 1.82) is 0 Å². The number of hydrogen-bond acceptors (Lipinski definition) is 2. The van der Waals surface area contributed by atoms with E-state index in [0.717, 1.165) is 32.7 Å². The van der Waals surface area contributed by atoms with Gasteiger partial charge in [0.2, 0.25) is 0 Å². The number of rotatable bonds is 2. The Balaban J connectivity index is 1.99. The molecular weight excluding hydrogens is 240 g/mol. The molecule has 1 heterocycles. The van der Waals surface area contributed by atoms with Gasteiger partial charge in [0.05, 0.1) is 0 Å². The highest BCUT2D eigenvalue weighted by Crippen LogP contribution is 2.17. The van der Waals surface area contributed by atoms with Crippen molar-refractivity contribution in [3.63, 3.8) is 0 Å². The zero-order valence-corrected chi connectivity index (χ0v) is 9.76. The third kappa shape index (κ3) is 2.56. The number of nitrogens with one attached hydrogen (secondary N) is 1. The van der Waals surface area contributed by atoms with Crippen LogP contribution in [0, 0.1) is 0 Å². The summed E-state index contributed by atoms with van der Waals surface area (Å²) in [6.45, 7) is 5.60. The van der Waals surface area contributed by atoms with Crippen molar-refractivity contribution in [2.75, 3.05) is 26.2 Å². The van der Waals surface area contributed by atoms with Crippen molar-refractivity contribution < 1.29 is 0 Å². The van der Waals surface area contributed by atoms with E-state index in [-0.39, 0.29) is 0 Å². The van der Waals surface area contributed by atoms with Crippen molar-refractivity contribution in [2.45, 2.75) is 6.54 Å². The fourth-order valence-corrected chi connectivity index (χ4v) is 2.15. The third-order valence-corrected chi connectivity index (χ3v) is 3.34. The van der Waals surface area contributed by atoms with Gasteiger partial charge in [-0.1, -0.05) is 34.1 Å². The zero-order valence-electron chi connectivity index (χ0n) is 8.17. The number of halogens is 1. The van der Waals surface area contributed by atoms with E-state index < -0.39 is 0 Å². The Kier molecular flexibility index (Phi) is 3.56. The molecule has 0 spiro atoms. The minimum atomic E-state index is 1.06. The van der Waals surface area contributed by atoms with Crippen LogP contribution in [0.4, 0.5) is 0 Å². The number of nitrogens with zero attached hydrogens (tertiary/aromatic N) is 1. The maximum absolute atomic E-state index is 3.58. The molecular formula is C11H15BrN2. The van der Waals surface area contributed by atoms with Crippen LogP contribution in [0.2, 0.25) is 0 Å². The van der Waals surface area contributed by atoms with E-state index in [4.69, 9.17) is 0 Å². The van der Waals surface area contributed by atoms with Gasteiger partial charge in [0, 0.05) is 37.2 Å². The average molecular weight is 255 g/mol. The van der Waals surface area contributed by atoms with Gasteiger partial charge in [-0.05, 0) is 11.6 Å². The van der Waals surface area contributed by atoms with Crippen LogP contribution in [-0.4, -0.2) is 31.1 Å². The van der Waals surface area contributed by atoms with Crippen molar-refractivity contribution in [3.05, 3.63) is 34.3 Å². The normalized spacial score (nSPS) is 18.4. The summed E-state index contributed by atoms with van der Waals surface area (Å²) in [6.07, 6.45) is 0. The SMILES string of the molecule is Brc1ccccc1CN1CCNCC1. The van der Waals surface area contributed by atoms with Crippen LogP contribution >= 0.6 is 15.9 Å². The van der Waals surface area contributed by atoms with Gasteiger partial charge in [0.1, 0.15) is 0 Å². The van der Waals surface area contributed by atoms with E-state index in [1.807, 2.05) is 0 Å². The second-order valence-corrected chi connectivity index (χ2v) is 4.47. The molecule has 1 N–H and O–H groups in total. The lowest BCUT2D eigenvalue weighted by Crippen LogP contribution is -2.42. The van der Waals surface area contributed by atoms with Gasteiger partial charge in [-0.25, -0.2) is 0 Å². The Bertz CT molecular complexity index is 295. The molecule has 1 aromatic carbocycles. The number of benzene rings is 1. The number of piperazine rings is 1. The first-order valence-corrected chi connectivity index (χ1v) is 5.82. The Morgan fingerprint density at radius 1 is 1.21 bits per heavy atom. The van der Waals surface area contributed by atoms with Gasteiger partial charge in [-0.3, -0.25) is 4.90 Å². The summed E-state index contributed by atoms with van der Waals surface area (Å²) in [5, 5.41) is 3.36. The maximum atomic E-state index is 3.58. The molecule has 0 aromatic heterocycles. The van der Waals surface area contributed by atoms with E-state index >= 15 is 0 Å². The Hall–Kier alpha value is -0.380. The molecule has 1 saturated heterocycles. The second-order valence-electron chi connectivity index (χ2n) is 3.62. The van der Waals surface area contributed by atoms with Crippen molar-refractivity contribution >= 4 is 15.9 Å². The zero-order chi connectivity index (χ0) is 9.80. The van der Waals surface area contributed by atoms with Gasteiger partial charge < -0.3 is 5.32 Å². The van der Waals surface area contributed by atoms with Gasteiger partial charge >= 0.3 is 0 Å². The molecule has 1 aliphatic heterocycles. The summed E-state index contributed by atoms with van der Waals surface area (Å²) in [6, 6.07) is 8.46. The van der Waals surface area contributed by atoms with E-state index in [1.165, 1.54) is 10.0 Å². The molecule has 1 aliphatic rings. The summed E-state index contributed by atoms with van der Waals surface area (Å²) in [5.74, 6) is 0. The lowest BCUT2D eigenvalue weighted by atomic mass is 10.2. The molecule has 2 rings (SSSR count). The fraction of sp³-hybridized carbons (Fsp3) is 0.455. The predicted octanol–water partition coefficient (Wildman–Crippen LogP) is 1.85.